The number of carboxylic acids is 1. The average molecular weight is 520 g/mol. The molecule has 10 nitrogen and oxygen atoms in total. The van der Waals surface area contributed by atoms with Crippen LogP contribution in [0.3, 0.4) is 0 Å². The molecule has 188 valence electrons. The summed E-state index contributed by atoms with van der Waals surface area (Å²) in [5.74, 6) is -0.248. The second-order valence-electron chi connectivity index (χ2n) is 8.60. The molecule has 0 amide bonds. The molecule has 4 aromatic rings. The summed E-state index contributed by atoms with van der Waals surface area (Å²) in [4.78, 5) is 45.3. The second-order valence-corrected chi connectivity index (χ2v) is 9.04. The number of hydrogen-bond donors (Lipinski definition) is 2. The lowest BCUT2D eigenvalue weighted by Gasteiger charge is -2.27. The molecule has 37 heavy (non-hydrogen) atoms. The number of carboxylic acid groups (broad SMARTS) is 1. The van der Waals surface area contributed by atoms with E-state index < -0.39 is 17.3 Å². The van der Waals surface area contributed by atoms with Crippen molar-refractivity contribution >= 4 is 29.2 Å². The molecule has 1 saturated carbocycles. The summed E-state index contributed by atoms with van der Waals surface area (Å²) in [6, 6.07) is 16.6. The Balaban J connectivity index is 1.42. The van der Waals surface area contributed by atoms with Crippen molar-refractivity contribution in [3.05, 3.63) is 104 Å². The van der Waals surface area contributed by atoms with E-state index in [1.807, 2.05) is 12.1 Å². The zero-order valence-corrected chi connectivity index (χ0v) is 20.3. The predicted octanol–water partition coefficient (Wildman–Crippen LogP) is 4.46. The summed E-state index contributed by atoms with van der Waals surface area (Å²) in [6.45, 7) is 0.202. The monoisotopic (exact) mass is 519 g/mol. The van der Waals surface area contributed by atoms with Crippen molar-refractivity contribution < 1.29 is 14.6 Å². The van der Waals surface area contributed by atoms with Gasteiger partial charge in [0.1, 0.15) is 11.5 Å². The molecular weight excluding hydrogens is 498 g/mol. The number of nitrogens with zero attached hydrogens (tertiary/aromatic N) is 4. The zero-order valence-electron chi connectivity index (χ0n) is 19.5. The molecule has 2 aromatic carbocycles. The smallest absolute Gasteiger partial charge is 0.355 e. The van der Waals surface area contributed by atoms with Crippen molar-refractivity contribution in [3.63, 3.8) is 0 Å². The number of pyridine rings is 1. The first kappa shape index (κ1) is 24.3. The topological polar surface area (TPSA) is 128 Å². The summed E-state index contributed by atoms with van der Waals surface area (Å²) in [6.07, 6.45) is 3.88. The lowest BCUT2D eigenvalue weighted by molar-refractivity contribution is 0.0690. The van der Waals surface area contributed by atoms with Crippen LogP contribution in [0.2, 0.25) is 5.02 Å². The van der Waals surface area contributed by atoms with Gasteiger partial charge >= 0.3 is 17.3 Å². The van der Waals surface area contributed by atoms with Crippen LogP contribution in [0.25, 0.3) is 0 Å². The molecule has 0 spiro atoms. The Hall–Kier alpha value is -4.44. The first-order chi connectivity index (χ1) is 17.9. The number of rotatable bonds is 8. The fourth-order valence-corrected chi connectivity index (χ4v) is 4.06. The van der Waals surface area contributed by atoms with Crippen molar-refractivity contribution in [2.45, 2.75) is 31.8 Å². The number of aromatic nitrogens is 4. The first-order valence-electron chi connectivity index (χ1n) is 11.6. The Bertz CT molecular complexity index is 1560. The van der Waals surface area contributed by atoms with Gasteiger partial charge in [0.2, 0.25) is 5.95 Å². The quantitative estimate of drug-likeness (QED) is 0.349. The third-order valence-electron chi connectivity index (χ3n) is 6.09. The van der Waals surface area contributed by atoms with Crippen LogP contribution in [0.5, 0.6) is 11.5 Å². The van der Waals surface area contributed by atoms with Gasteiger partial charge in [-0.3, -0.25) is 4.57 Å². The minimum Gasteiger partial charge on any atom is -0.477 e. The molecule has 0 unspecified atom stereocenters. The summed E-state index contributed by atoms with van der Waals surface area (Å²) >= 11 is 6.01. The van der Waals surface area contributed by atoms with Crippen LogP contribution in [0.4, 0.5) is 11.6 Å². The van der Waals surface area contributed by atoms with Gasteiger partial charge < -0.3 is 15.2 Å². The molecule has 1 aliphatic carbocycles. The lowest BCUT2D eigenvalue weighted by atomic mass is 9.93. The fourth-order valence-electron chi connectivity index (χ4n) is 3.94. The van der Waals surface area contributed by atoms with Crippen molar-refractivity contribution in [2.24, 2.45) is 0 Å². The van der Waals surface area contributed by atoms with E-state index in [0.717, 1.165) is 24.8 Å². The number of halogens is 1. The van der Waals surface area contributed by atoms with Gasteiger partial charge in [-0.15, -0.1) is 0 Å². The predicted molar refractivity (Wildman–Crippen MR) is 137 cm³/mol. The maximum absolute atomic E-state index is 13.4. The molecule has 0 saturated heterocycles. The maximum Gasteiger partial charge on any atom is 0.355 e. The first-order valence-corrected chi connectivity index (χ1v) is 12.0. The average Bonchev–Trinajstić information content (AvgIpc) is 2.85. The molecule has 2 aromatic heterocycles. The van der Waals surface area contributed by atoms with Gasteiger partial charge in [-0.2, -0.15) is 4.98 Å². The maximum atomic E-state index is 13.4. The van der Waals surface area contributed by atoms with E-state index >= 15 is 0 Å². The standard InChI is InChI=1S/C26H22ClN5O5/c27-17-6-4-16(5-7-17)15-31-24(30-25(35)32(26(31)36)19-2-1-3-19)29-18-8-10-20(11-9-18)37-21-12-13-28-22(14-21)23(33)34/h4-14,19H,1-3,15H2,(H,33,34)(H,29,30,35). The summed E-state index contributed by atoms with van der Waals surface area (Å²) in [5.41, 5.74) is 0.269. The number of nitrogens with one attached hydrogen (secondary N) is 1. The van der Waals surface area contributed by atoms with E-state index in [-0.39, 0.29) is 24.2 Å². The largest absolute Gasteiger partial charge is 0.477 e. The molecule has 1 aliphatic rings. The van der Waals surface area contributed by atoms with Crippen LogP contribution in [-0.4, -0.2) is 30.2 Å². The summed E-state index contributed by atoms with van der Waals surface area (Å²) in [5, 5.41) is 12.8. The van der Waals surface area contributed by atoms with Gasteiger partial charge in [0, 0.05) is 29.0 Å². The van der Waals surface area contributed by atoms with Crippen LogP contribution in [-0.2, 0) is 6.54 Å². The molecule has 2 N–H and O–H groups in total. The highest BCUT2D eigenvalue weighted by atomic mass is 35.5. The van der Waals surface area contributed by atoms with Gasteiger partial charge in [-0.25, -0.2) is 23.9 Å². The minimum atomic E-state index is -1.15. The Morgan fingerprint density at radius 2 is 1.78 bits per heavy atom. The van der Waals surface area contributed by atoms with Gasteiger partial charge in [0.15, 0.2) is 5.69 Å². The van der Waals surface area contributed by atoms with E-state index in [2.05, 4.69) is 15.3 Å². The third-order valence-corrected chi connectivity index (χ3v) is 6.34. The number of anilines is 2. The number of benzene rings is 2. The van der Waals surface area contributed by atoms with Crippen LogP contribution in [0, 0.1) is 0 Å². The summed E-state index contributed by atoms with van der Waals surface area (Å²) in [7, 11) is 0. The van der Waals surface area contributed by atoms with E-state index in [1.54, 1.807) is 42.5 Å². The van der Waals surface area contributed by atoms with E-state index in [1.165, 1.54) is 21.4 Å². The molecule has 0 radical (unpaired) electrons. The van der Waals surface area contributed by atoms with E-state index in [0.29, 0.717) is 22.2 Å². The molecule has 0 atom stereocenters. The number of aromatic carboxylic acids is 1. The van der Waals surface area contributed by atoms with Gasteiger partial charge in [-0.1, -0.05) is 23.7 Å². The molecule has 11 heteroatoms. The van der Waals surface area contributed by atoms with Crippen molar-refractivity contribution in [1.29, 1.82) is 0 Å². The Labute approximate surface area is 215 Å². The van der Waals surface area contributed by atoms with Crippen molar-refractivity contribution in [3.8, 4) is 11.5 Å². The van der Waals surface area contributed by atoms with Crippen LogP contribution >= 0.6 is 11.6 Å². The van der Waals surface area contributed by atoms with Crippen molar-refractivity contribution in [1.82, 2.24) is 19.1 Å². The third kappa shape index (κ3) is 5.39. The second kappa shape index (κ2) is 10.3. The Morgan fingerprint density at radius 1 is 1.05 bits per heavy atom. The molecule has 0 bridgehead atoms. The molecule has 5 rings (SSSR count). The van der Waals surface area contributed by atoms with Crippen LogP contribution in [0.1, 0.15) is 41.4 Å². The summed E-state index contributed by atoms with van der Waals surface area (Å²) < 4.78 is 8.40. The number of ether oxygens (including phenoxy) is 1. The Kier molecular flexibility index (Phi) is 6.74. The highest BCUT2D eigenvalue weighted by Gasteiger charge is 2.25. The highest BCUT2D eigenvalue weighted by molar-refractivity contribution is 6.30. The molecule has 0 aliphatic heterocycles. The normalized spacial score (nSPS) is 13.1. The zero-order chi connectivity index (χ0) is 25.9. The SMILES string of the molecule is O=C(O)c1cc(Oc2ccc(Nc3nc(=O)n(C4CCC4)c(=O)n3Cc3ccc(Cl)cc3)cc2)ccn1. The van der Waals surface area contributed by atoms with Crippen molar-refractivity contribution in [2.75, 3.05) is 5.32 Å². The van der Waals surface area contributed by atoms with E-state index in [9.17, 15) is 14.4 Å². The van der Waals surface area contributed by atoms with Gasteiger partial charge in [0.05, 0.1) is 6.54 Å². The number of hydrogen-bond acceptors (Lipinski definition) is 7. The Morgan fingerprint density at radius 3 is 2.43 bits per heavy atom. The molecular formula is C26H22ClN5O5. The highest BCUT2D eigenvalue weighted by Crippen LogP contribution is 2.29. The lowest BCUT2D eigenvalue weighted by Crippen LogP contribution is -2.46. The fraction of sp³-hybridized carbons (Fsp3) is 0.192. The van der Waals surface area contributed by atoms with Gasteiger partial charge in [0.25, 0.3) is 0 Å². The van der Waals surface area contributed by atoms with Gasteiger partial charge in [-0.05, 0) is 67.3 Å². The van der Waals surface area contributed by atoms with E-state index in [4.69, 9.17) is 21.4 Å². The van der Waals surface area contributed by atoms with Crippen LogP contribution < -0.4 is 21.4 Å². The molecule has 2 heterocycles. The molecule has 1 fully saturated rings. The number of carbonyl (C=O) groups is 1. The van der Waals surface area contributed by atoms with Crippen LogP contribution in [0.15, 0.2) is 76.4 Å². The minimum absolute atomic E-state index is 0.120.